The van der Waals surface area contributed by atoms with Crippen molar-refractivity contribution in [3.63, 3.8) is 0 Å². The summed E-state index contributed by atoms with van der Waals surface area (Å²) in [7, 11) is 0. The predicted molar refractivity (Wildman–Crippen MR) is 53.1 cm³/mol. The van der Waals surface area contributed by atoms with Crippen molar-refractivity contribution in [1.82, 2.24) is 10.2 Å². The van der Waals surface area contributed by atoms with Gasteiger partial charge in [-0.05, 0) is 32.7 Å². The Kier molecular flexibility index (Phi) is 3.53. The van der Waals surface area contributed by atoms with E-state index in [0.29, 0.717) is 0 Å². The van der Waals surface area contributed by atoms with Crippen molar-refractivity contribution in [2.45, 2.75) is 46.2 Å². The minimum absolute atomic E-state index is 0.749. The average Bonchev–Trinajstić information content (AvgIpc) is 2.25. The lowest BCUT2D eigenvalue weighted by molar-refractivity contribution is 0.188. The Bertz CT molecular complexity index is 136. The molecule has 12 heavy (non-hydrogen) atoms. The molecule has 72 valence electrons. The van der Waals surface area contributed by atoms with Crippen LogP contribution in [0.25, 0.3) is 0 Å². The number of likely N-dealkylation sites (tertiary alicyclic amines) is 1. The van der Waals surface area contributed by atoms with Gasteiger partial charge in [0.2, 0.25) is 0 Å². The molecule has 1 aliphatic heterocycles. The van der Waals surface area contributed by atoms with Gasteiger partial charge in [-0.2, -0.15) is 0 Å². The molecule has 0 amide bonds. The molecule has 3 unspecified atom stereocenters. The molecule has 0 aromatic rings. The van der Waals surface area contributed by atoms with Gasteiger partial charge in [0.25, 0.3) is 0 Å². The number of hydrogen-bond acceptors (Lipinski definition) is 2. The molecule has 0 aromatic heterocycles. The third-order valence-corrected chi connectivity index (χ3v) is 3.17. The quantitative estimate of drug-likeness (QED) is 0.693. The maximum absolute atomic E-state index is 3.40. The number of nitrogens with zero attached hydrogens (tertiary/aromatic N) is 1. The largest absolute Gasteiger partial charge is 0.305 e. The van der Waals surface area contributed by atoms with Crippen molar-refractivity contribution in [2.75, 3.05) is 13.2 Å². The van der Waals surface area contributed by atoms with Crippen LogP contribution in [-0.4, -0.2) is 30.2 Å². The van der Waals surface area contributed by atoms with Crippen LogP contribution in [0.1, 0.15) is 34.1 Å². The molecular formula is C10H22N2. The first-order valence-corrected chi connectivity index (χ1v) is 5.13. The second kappa shape index (κ2) is 4.24. The van der Waals surface area contributed by atoms with E-state index in [1.54, 1.807) is 0 Å². The highest BCUT2D eigenvalue weighted by Crippen LogP contribution is 2.27. The summed E-state index contributed by atoms with van der Waals surface area (Å²) < 4.78 is 0. The first-order chi connectivity index (χ1) is 5.66. The van der Waals surface area contributed by atoms with Gasteiger partial charge in [-0.25, -0.2) is 0 Å². The molecule has 0 aliphatic carbocycles. The first kappa shape index (κ1) is 10.0. The molecule has 2 heteroatoms. The van der Waals surface area contributed by atoms with Crippen molar-refractivity contribution >= 4 is 0 Å². The van der Waals surface area contributed by atoms with E-state index in [4.69, 9.17) is 0 Å². The molecule has 0 radical (unpaired) electrons. The summed E-state index contributed by atoms with van der Waals surface area (Å²) in [5, 5.41) is 3.40. The topological polar surface area (TPSA) is 15.3 Å². The maximum Gasteiger partial charge on any atom is 0.0485 e. The second-order valence-electron chi connectivity index (χ2n) is 4.08. The Hall–Kier alpha value is -0.0800. The summed E-state index contributed by atoms with van der Waals surface area (Å²) in [6.45, 7) is 11.3. The zero-order valence-corrected chi connectivity index (χ0v) is 8.80. The van der Waals surface area contributed by atoms with Gasteiger partial charge in [-0.3, -0.25) is 4.90 Å². The number of rotatable bonds is 3. The van der Waals surface area contributed by atoms with Crippen LogP contribution in [0.5, 0.6) is 0 Å². The van der Waals surface area contributed by atoms with Gasteiger partial charge in [0, 0.05) is 18.8 Å². The van der Waals surface area contributed by atoms with Crippen LogP contribution < -0.4 is 5.32 Å². The van der Waals surface area contributed by atoms with E-state index in [0.717, 1.165) is 31.2 Å². The van der Waals surface area contributed by atoms with Crippen molar-refractivity contribution in [1.29, 1.82) is 0 Å². The van der Waals surface area contributed by atoms with Gasteiger partial charge in [-0.15, -0.1) is 0 Å². The van der Waals surface area contributed by atoms with E-state index in [-0.39, 0.29) is 0 Å². The van der Waals surface area contributed by atoms with Gasteiger partial charge in [0.1, 0.15) is 0 Å². The number of nitrogens with one attached hydrogen (secondary N) is 1. The van der Waals surface area contributed by atoms with Gasteiger partial charge in [0.15, 0.2) is 0 Å². The highest BCUT2D eigenvalue weighted by atomic mass is 15.3. The zero-order chi connectivity index (χ0) is 9.14. The summed E-state index contributed by atoms with van der Waals surface area (Å²) in [5.41, 5.74) is 0. The van der Waals surface area contributed by atoms with Crippen LogP contribution in [0.4, 0.5) is 0 Å². The Labute approximate surface area is 76.3 Å². The molecule has 0 aromatic carbocycles. The fourth-order valence-corrected chi connectivity index (χ4v) is 2.14. The average molecular weight is 170 g/mol. The van der Waals surface area contributed by atoms with Gasteiger partial charge >= 0.3 is 0 Å². The van der Waals surface area contributed by atoms with Crippen molar-refractivity contribution in [3.05, 3.63) is 0 Å². The summed E-state index contributed by atoms with van der Waals surface area (Å²) in [4.78, 5) is 2.56. The Morgan fingerprint density at radius 2 is 2.00 bits per heavy atom. The lowest BCUT2D eigenvalue weighted by Crippen LogP contribution is -2.41. The third-order valence-electron chi connectivity index (χ3n) is 3.17. The molecule has 1 fully saturated rings. The SMILES string of the molecule is CCNCN1C(C)CC(C)C1C. The summed E-state index contributed by atoms with van der Waals surface area (Å²) in [6.07, 6.45) is 1.35. The predicted octanol–water partition coefficient (Wildman–Crippen LogP) is 1.67. The van der Waals surface area contributed by atoms with Crippen molar-refractivity contribution < 1.29 is 0 Å². The molecule has 1 rings (SSSR count). The van der Waals surface area contributed by atoms with Crippen molar-refractivity contribution in [2.24, 2.45) is 5.92 Å². The van der Waals surface area contributed by atoms with E-state index in [1.807, 2.05) is 0 Å². The van der Waals surface area contributed by atoms with E-state index >= 15 is 0 Å². The minimum atomic E-state index is 0.749. The van der Waals surface area contributed by atoms with Crippen molar-refractivity contribution in [3.8, 4) is 0 Å². The zero-order valence-electron chi connectivity index (χ0n) is 8.80. The minimum Gasteiger partial charge on any atom is -0.305 e. The molecule has 0 spiro atoms. The smallest absolute Gasteiger partial charge is 0.0485 e. The van der Waals surface area contributed by atoms with Gasteiger partial charge in [0.05, 0.1) is 0 Å². The van der Waals surface area contributed by atoms with Crippen LogP contribution in [-0.2, 0) is 0 Å². The fourth-order valence-electron chi connectivity index (χ4n) is 2.14. The van der Waals surface area contributed by atoms with E-state index in [2.05, 4.69) is 37.9 Å². The lowest BCUT2D eigenvalue weighted by atomic mass is 10.0. The Morgan fingerprint density at radius 1 is 1.33 bits per heavy atom. The van der Waals surface area contributed by atoms with Crippen LogP contribution in [0.2, 0.25) is 0 Å². The third kappa shape index (κ3) is 1.99. The summed E-state index contributed by atoms with van der Waals surface area (Å²) >= 11 is 0. The van der Waals surface area contributed by atoms with E-state index < -0.39 is 0 Å². The van der Waals surface area contributed by atoms with Crippen LogP contribution >= 0.6 is 0 Å². The normalized spacial score (nSPS) is 37.5. The molecule has 2 nitrogen and oxygen atoms in total. The summed E-state index contributed by atoms with van der Waals surface area (Å²) in [5.74, 6) is 0.860. The Morgan fingerprint density at radius 3 is 2.42 bits per heavy atom. The molecule has 0 bridgehead atoms. The van der Waals surface area contributed by atoms with Crippen LogP contribution in [0, 0.1) is 5.92 Å². The lowest BCUT2D eigenvalue weighted by Gasteiger charge is -2.26. The monoisotopic (exact) mass is 170 g/mol. The molecule has 1 heterocycles. The maximum atomic E-state index is 3.40. The van der Waals surface area contributed by atoms with Gasteiger partial charge < -0.3 is 5.32 Å². The molecule has 1 N–H and O–H groups in total. The van der Waals surface area contributed by atoms with Crippen LogP contribution in [0.15, 0.2) is 0 Å². The fraction of sp³-hybridized carbons (Fsp3) is 1.00. The first-order valence-electron chi connectivity index (χ1n) is 5.13. The molecule has 1 saturated heterocycles. The highest BCUT2D eigenvalue weighted by Gasteiger charge is 2.32. The van der Waals surface area contributed by atoms with E-state index in [9.17, 15) is 0 Å². The summed E-state index contributed by atoms with van der Waals surface area (Å²) in [6, 6.07) is 1.51. The highest BCUT2D eigenvalue weighted by molar-refractivity contribution is 4.86. The number of hydrogen-bond donors (Lipinski definition) is 1. The van der Waals surface area contributed by atoms with Crippen LogP contribution in [0.3, 0.4) is 0 Å². The second-order valence-corrected chi connectivity index (χ2v) is 4.08. The molecule has 0 saturated carbocycles. The molecule has 3 atom stereocenters. The molecular weight excluding hydrogens is 148 g/mol. The van der Waals surface area contributed by atoms with Gasteiger partial charge in [-0.1, -0.05) is 13.8 Å². The van der Waals surface area contributed by atoms with E-state index in [1.165, 1.54) is 6.42 Å². The molecule has 1 aliphatic rings. The Balaban J connectivity index is 2.40. The standard InChI is InChI=1S/C10H22N2/c1-5-11-7-12-9(3)6-8(2)10(12)4/h8-11H,5-7H2,1-4H3.